The Balaban J connectivity index is 3.72. The number of carbonyl (C=O) groups is 2. The molecule has 1 unspecified atom stereocenters. The molecule has 3 heteroatoms. The van der Waals surface area contributed by atoms with Crippen molar-refractivity contribution in [1.29, 1.82) is 0 Å². The van der Waals surface area contributed by atoms with Crippen molar-refractivity contribution < 1.29 is 14.3 Å². The molecule has 0 bridgehead atoms. The summed E-state index contributed by atoms with van der Waals surface area (Å²) >= 11 is 0. The molecular weight excluding hydrogens is 180 g/mol. The number of ketones is 1. The van der Waals surface area contributed by atoms with Crippen LogP contribution in [-0.2, 0) is 14.3 Å². The Kier molecular flexibility index (Phi) is 7.07. The number of hydrogen-bond donors (Lipinski definition) is 0. The van der Waals surface area contributed by atoms with Gasteiger partial charge in [0.05, 0.1) is 6.42 Å². The monoisotopic (exact) mass is 200 g/mol. The molecule has 0 saturated heterocycles. The lowest BCUT2D eigenvalue weighted by molar-refractivity contribution is -0.150. The third-order valence-corrected chi connectivity index (χ3v) is 2.05. The van der Waals surface area contributed by atoms with Crippen LogP contribution in [-0.4, -0.2) is 17.9 Å². The summed E-state index contributed by atoms with van der Waals surface area (Å²) in [5, 5.41) is 0. The van der Waals surface area contributed by atoms with E-state index < -0.39 is 0 Å². The van der Waals surface area contributed by atoms with Crippen LogP contribution in [0.4, 0.5) is 0 Å². The zero-order chi connectivity index (χ0) is 11.0. The van der Waals surface area contributed by atoms with E-state index in [0.717, 1.165) is 19.3 Å². The van der Waals surface area contributed by atoms with Gasteiger partial charge in [-0.15, -0.1) is 0 Å². The average Bonchev–Trinajstić information content (AvgIpc) is 2.14. The van der Waals surface area contributed by atoms with Crippen LogP contribution in [0.5, 0.6) is 0 Å². The van der Waals surface area contributed by atoms with Gasteiger partial charge in [-0.05, 0) is 19.8 Å². The molecule has 82 valence electrons. The Labute approximate surface area is 85.8 Å². The fraction of sp³-hybridized carbons (Fsp3) is 0.818. The van der Waals surface area contributed by atoms with Gasteiger partial charge in [0.25, 0.3) is 0 Å². The molecule has 0 aliphatic carbocycles. The molecule has 0 aromatic rings. The number of Topliss-reactive ketones (excluding diaryl/α,β-unsaturated/α-hetero) is 1. The third kappa shape index (κ3) is 6.63. The fourth-order valence-electron chi connectivity index (χ4n) is 1.19. The van der Waals surface area contributed by atoms with Gasteiger partial charge in [0, 0.05) is 6.42 Å². The van der Waals surface area contributed by atoms with Crippen LogP contribution in [0.25, 0.3) is 0 Å². The Morgan fingerprint density at radius 3 is 2.29 bits per heavy atom. The molecule has 0 rings (SSSR count). The molecule has 0 aromatic carbocycles. The van der Waals surface area contributed by atoms with Gasteiger partial charge < -0.3 is 9.53 Å². The van der Waals surface area contributed by atoms with E-state index in [-0.39, 0.29) is 24.3 Å². The molecule has 0 N–H and O–H groups in total. The minimum atomic E-state index is -0.250. The van der Waals surface area contributed by atoms with Crippen molar-refractivity contribution in [2.45, 2.75) is 59.0 Å². The van der Waals surface area contributed by atoms with Crippen LogP contribution in [0.2, 0.25) is 0 Å². The third-order valence-electron chi connectivity index (χ3n) is 2.05. The van der Waals surface area contributed by atoms with Crippen molar-refractivity contribution in [2.24, 2.45) is 0 Å². The van der Waals surface area contributed by atoms with Gasteiger partial charge in [-0.2, -0.15) is 0 Å². The Morgan fingerprint density at radius 1 is 1.21 bits per heavy atom. The SMILES string of the molecule is CCCC(CC)OC(=O)CCC(C)=O. The maximum absolute atomic E-state index is 11.2. The van der Waals surface area contributed by atoms with E-state index in [2.05, 4.69) is 6.92 Å². The summed E-state index contributed by atoms with van der Waals surface area (Å²) in [4.78, 5) is 21.8. The van der Waals surface area contributed by atoms with E-state index in [9.17, 15) is 9.59 Å². The molecule has 3 nitrogen and oxygen atoms in total. The Hall–Kier alpha value is -0.860. The first-order valence-corrected chi connectivity index (χ1v) is 5.29. The molecule has 0 aromatic heterocycles. The number of rotatable bonds is 7. The van der Waals surface area contributed by atoms with Crippen molar-refractivity contribution in [1.82, 2.24) is 0 Å². The molecule has 1 atom stereocenters. The number of ether oxygens (including phenoxy) is 1. The molecule has 0 saturated carbocycles. The lowest BCUT2D eigenvalue weighted by atomic mass is 10.1. The Morgan fingerprint density at radius 2 is 1.86 bits per heavy atom. The first kappa shape index (κ1) is 13.1. The summed E-state index contributed by atoms with van der Waals surface area (Å²) in [7, 11) is 0. The van der Waals surface area contributed by atoms with Crippen LogP contribution >= 0.6 is 0 Å². The van der Waals surface area contributed by atoms with Gasteiger partial charge in [0.15, 0.2) is 0 Å². The smallest absolute Gasteiger partial charge is 0.306 e. The molecule has 0 fully saturated rings. The first-order chi connectivity index (χ1) is 6.60. The van der Waals surface area contributed by atoms with Crippen LogP contribution in [0.15, 0.2) is 0 Å². The quantitative estimate of drug-likeness (QED) is 0.593. The summed E-state index contributed by atoms with van der Waals surface area (Å²) in [5.74, 6) is -0.217. The van der Waals surface area contributed by atoms with E-state index >= 15 is 0 Å². The highest BCUT2D eigenvalue weighted by Gasteiger charge is 2.11. The molecule has 0 heterocycles. The summed E-state index contributed by atoms with van der Waals surface area (Å²) in [6.45, 7) is 5.54. The van der Waals surface area contributed by atoms with Crippen LogP contribution in [0, 0.1) is 0 Å². The second kappa shape index (κ2) is 7.54. The summed E-state index contributed by atoms with van der Waals surface area (Å²) < 4.78 is 5.20. The van der Waals surface area contributed by atoms with Gasteiger partial charge in [0.1, 0.15) is 11.9 Å². The highest BCUT2D eigenvalue weighted by molar-refractivity contribution is 5.81. The number of esters is 1. The molecule has 0 radical (unpaired) electrons. The Bertz CT molecular complexity index is 187. The summed E-state index contributed by atoms with van der Waals surface area (Å²) in [6.07, 6.45) is 3.30. The topological polar surface area (TPSA) is 43.4 Å². The van der Waals surface area contributed by atoms with Gasteiger partial charge in [-0.3, -0.25) is 4.79 Å². The average molecular weight is 200 g/mol. The van der Waals surface area contributed by atoms with Gasteiger partial charge in [0.2, 0.25) is 0 Å². The minimum absolute atomic E-state index is 0.0273. The fourth-order valence-corrected chi connectivity index (χ4v) is 1.19. The lowest BCUT2D eigenvalue weighted by Gasteiger charge is -2.14. The van der Waals surface area contributed by atoms with Crippen molar-refractivity contribution in [3.63, 3.8) is 0 Å². The molecule has 0 aliphatic rings. The summed E-state index contributed by atoms with van der Waals surface area (Å²) in [6, 6.07) is 0. The first-order valence-electron chi connectivity index (χ1n) is 5.29. The van der Waals surface area contributed by atoms with Crippen molar-refractivity contribution in [3.05, 3.63) is 0 Å². The molecule has 0 aliphatic heterocycles. The largest absolute Gasteiger partial charge is 0.462 e. The van der Waals surface area contributed by atoms with E-state index in [1.165, 1.54) is 6.92 Å². The van der Waals surface area contributed by atoms with E-state index in [1.54, 1.807) is 0 Å². The predicted molar refractivity (Wildman–Crippen MR) is 55.0 cm³/mol. The highest BCUT2D eigenvalue weighted by atomic mass is 16.5. The normalized spacial score (nSPS) is 12.2. The zero-order valence-corrected chi connectivity index (χ0v) is 9.34. The molecular formula is C11H20O3. The maximum Gasteiger partial charge on any atom is 0.306 e. The highest BCUT2D eigenvalue weighted by Crippen LogP contribution is 2.08. The lowest BCUT2D eigenvalue weighted by Crippen LogP contribution is -2.17. The van der Waals surface area contributed by atoms with Crippen LogP contribution < -0.4 is 0 Å². The van der Waals surface area contributed by atoms with Crippen molar-refractivity contribution >= 4 is 11.8 Å². The zero-order valence-electron chi connectivity index (χ0n) is 9.34. The van der Waals surface area contributed by atoms with Crippen molar-refractivity contribution in [2.75, 3.05) is 0 Å². The van der Waals surface area contributed by atoms with Crippen LogP contribution in [0.1, 0.15) is 52.9 Å². The van der Waals surface area contributed by atoms with Gasteiger partial charge in [-0.25, -0.2) is 0 Å². The maximum atomic E-state index is 11.2. The second-order valence-corrected chi connectivity index (χ2v) is 3.51. The standard InChI is InChI=1S/C11H20O3/c1-4-6-10(5-2)14-11(13)8-7-9(3)12/h10H,4-8H2,1-3H3. The molecule has 0 amide bonds. The minimum Gasteiger partial charge on any atom is -0.462 e. The predicted octanol–water partition coefficient (Wildman–Crippen LogP) is 2.48. The summed E-state index contributed by atoms with van der Waals surface area (Å²) in [5.41, 5.74) is 0. The second-order valence-electron chi connectivity index (χ2n) is 3.51. The van der Waals surface area contributed by atoms with Crippen molar-refractivity contribution in [3.8, 4) is 0 Å². The van der Waals surface area contributed by atoms with Gasteiger partial charge >= 0.3 is 5.97 Å². The number of carbonyl (C=O) groups excluding carboxylic acids is 2. The number of hydrogen-bond acceptors (Lipinski definition) is 3. The van der Waals surface area contributed by atoms with E-state index in [0.29, 0.717) is 6.42 Å². The van der Waals surface area contributed by atoms with E-state index in [4.69, 9.17) is 4.74 Å². The van der Waals surface area contributed by atoms with Gasteiger partial charge in [-0.1, -0.05) is 20.3 Å². The van der Waals surface area contributed by atoms with E-state index in [1.807, 2.05) is 6.92 Å². The molecule has 14 heavy (non-hydrogen) atoms. The van der Waals surface area contributed by atoms with Crippen LogP contribution in [0.3, 0.4) is 0 Å². The molecule has 0 spiro atoms.